The Balaban J connectivity index is 2.35. The van der Waals surface area contributed by atoms with E-state index in [1.54, 1.807) is 6.20 Å². The summed E-state index contributed by atoms with van der Waals surface area (Å²) in [5, 5.41) is 0. The third-order valence-corrected chi connectivity index (χ3v) is 4.45. The molecule has 1 aromatic heterocycles. The van der Waals surface area contributed by atoms with Crippen molar-refractivity contribution in [3.8, 4) is 11.5 Å². The Bertz CT molecular complexity index is 633. The van der Waals surface area contributed by atoms with Gasteiger partial charge in [-0.25, -0.2) is 9.97 Å². The van der Waals surface area contributed by atoms with E-state index in [4.69, 9.17) is 10.5 Å². The van der Waals surface area contributed by atoms with Crippen molar-refractivity contribution in [2.45, 2.75) is 40.2 Å². The molecule has 4 nitrogen and oxygen atoms in total. The van der Waals surface area contributed by atoms with Crippen LogP contribution in [0.25, 0.3) is 0 Å². The van der Waals surface area contributed by atoms with Gasteiger partial charge in [-0.1, -0.05) is 29.8 Å². The fourth-order valence-corrected chi connectivity index (χ4v) is 2.25. The van der Waals surface area contributed by atoms with Crippen molar-refractivity contribution in [2.24, 2.45) is 5.73 Å². The summed E-state index contributed by atoms with van der Waals surface area (Å²) >= 11 is 3.55. The molecule has 0 unspecified atom stereocenters. The minimum atomic E-state index is 0.265. The average molecular weight is 350 g/mol. The third-order valence-electron chi connectivity index (χ3n) is 3.20. The van der Waals surface area contributed by atoms with Gasteiger partial charge in [-0.3, -0.25) is 0 Å². The van der Waals surface area contributed by atoms with Crippen LogP contribution in [0.4, 0.5) is 0 Å². The molecule has 1 heterocycles. The highest BCUT2D eigenvalue weighted by atomic mass is 79.9. The minimum absolute atomic E-state index is 0.265. The molecule has 2 aromatic rings. The molecule has 112 valence electrons. The molecular formula is C16H20BrN3O. The highest BCUT2D eigenvalue weighted by Gasteiger charge is 2.11. The Morgan fingerprint density at radius 1 is 1.24 bits per heavy atom. The molecule has 0 saturated heterocycles. The van der Waals surface area contributed by atoms with E-state index in [0.717, 1.165) is 32.9 Å². The van der Waals surface area contributed by atoms with Crippen molar-refractivity contribution in [1.82, 2.24) is 9.97 Å². The molecular weight excluding hydrogens is 330 g/mol. The number of ether oxygens (including phenoxy) is 1. The van der Waals surface area contributed by atoms with Gasteiger partial charge in [0.15, 0.2) is 5.75 Å². The molecule has 0 saturated carbocycles. The minimum Gasteiger partial charge on any atom is -0.454 e. The van der Waals surface area contributed by atoms with Gasteiger partial charge in [0.1, 0.15) is 17.3 Å². The van der Waals surface area contributed by atoms with Crippen LogP contribution in [-0.4, -0.2) is 9.97 Å². The summed E-state index contributed by atoms with van der Waals surface area (Å²) in [6.45, 7) is 8.50. The van der Waals surface area contributed by atoms with Gasteiger partial charge >= 0.3 is 0 Å². The number of aryl methyl sites for hydroxylation is 2. The quantitative estimate of drug-likeness (QED) is 0.896. The van der Waals surface area contributed by atoms with E-state index >= 15 is 0 Å². The van der Waals surface area contributed by atoms with Gasteiger partial charge in [0, 0.05) is 16.9 Å². The number of rotatable bonds is 4. The first-order chi connectivity index (χ1) is 9.92. The zero-order valence-electron chi connectivity index (χ0n) is 12.8. The lowest BCUT2D eigenvalue weighted by Gasteiger charge is -2.13. The lowest BCUT2D eigenvalue weighted by molar-refractivity contribution is 0.466. The van der Waals surface area contributed by atoms with E-state index in [1.165, 1.54) is 0 Å². The molecule has 0 atom stereocenters. The molecule has 0 amide bonds. The Morgan fingerprint density at radius 2 is 1.86 bits per heavy atom. The fraction of sp³-hybridized carbons (Fsp3) is 0.375. The van der Waals surface area contributed by atoms with Crippen molar-refractivity contribution in [1.29, 1.82) is 0 Å². The van der Waals surface area contributed by atoms with E-state index in [-0.39, 0.29) is 5.92 Å². The predicted molar refractivity (Wildman–Crippen MR) is 87.7 cm³/mol. The first kappa shape index (κ1) is 15.9. The number of halogens is 1. The number of nitrogens with zero attached hydrogens (tertiary/aromatic N) is 2. The third kappa shape index (κ3) is 3.60. The molecule has 5 heteroatoms. The van der Waals surface area contributed by atoms with Crippen molar-refractivity contribution in [3.63, 3.8) is 0 Å². The molecule has 2 N–H and O–H groups in total. The van der Waals surface area contributed by atoms with Gasteiger partial charge in [0.25, 0.3) is 0 Å². The molecule has 2 rings (SSSR count). The molecule has 0 aliphatic carbocycles. The van der Waals surface area contributed by atoms with Gasteiger partial charge in [-0.2, -0.15) is 0 Å². The molecule has 0 aliphatic rings. The molecule has 0 spiro atoms. The molecule has 21 heavy (non-hydrogen) atoms. The van der Waals surface area contributed by atoms with Crippen LogP contribution in [0.3, 0.4) is 0 Å². The van der Waals surface area contributed by atoms with Gasteiger partial charge in [0.2, 0.25) is 0 Å². The highest BCUT2D eigenvalue weighted by molar-refractivity contribution is 9.10. The highest BCUT2D eigenvalue weighted by Crippen LogP contribution is 2.30. The number of hydrogen-bond donors (Lipinski definition) is 1. The summed E-state index contributed by atoms with van der Waals surface area (Å²) in [6, 6.07) is 3.96. The zero-order chi connectivity index (χ0) is 15.6. The van der Waals surface area contributed by atoms with Crippen molar-refractivity contribution in [2.75, 3.05) is 0 Å². The monoisotopic (exact) mass is 349 g/mol. The number of hydrogen-bond acceptors (Lipinski definition) is 4. The molecule has 0 aliphatic heterocycles. The molecule has 0 fully saturated rings. The summed E-state index contributed by atoms with van der Waals surface area (Å²) in [7, 11) is 0. The van der Waals surface area contributed by atoms with Crippen LogP contribution in [0, 0.1) is 13.8 Å². The standard InChI is InChI=1S/C16H20BrN3O/c1-9(2)16-19-8-14(13(7-18)20-16)21-12-5-10(3)15(17)11(4)6-12/h5-6,8-9H,7,18H2,1-4H3. The lowest BCUT2D eigenvalue weighted by atomic mass is 10.1. The van der Waals surface area contributed by atoms with E-state index < -0.39 is 0 Å². The summed E-state index contributed by atoms with van der Waals surface area (Å²) in [5.74, 6) is 2.43. The number of benzene rings is 1. The van der Waals surface area contributed by atoms with E-state index in [9.17, 15) is 0 Å². The maximum absolute atomic E-state index is 5.93. The Kier molecular flexibility index (Phi) is 4.96. The van der Waals surface area contributed by atoms with Crippen molar-refractivity contribution >= 4 is 15.9 Å². The summed E-state index contributed by atoms with van der Waals surface area (Å²) < 4.78 is 7.02. The smallest absolute Gasteiger partial charge is 0.168 e. The first-order valence-electron chi connectivity index (χ1n) is 6.92. The van der Waals surface area contributed by atoms with Gasteiger partial charge in [-0.15, -0.1) is 0 Å². The molecule has 0 radical (unpaired) electrons. The second-order valence-corrected chi connectivity index (χ2v) is 6.16. The first-order valence-corrected chi connectivity index (χ1v) is 7.72. The Hall–Kier alpha value is -1.46. The number of aromatic nitrogens is 2. The predicted octanol–water partition coefficient (Wildman–Crippen LogP) is 4.23. The van der Waals surface area contributed by atoms with Crippen LogP contribution in [-0.2, 0) is 6.54 Å². The van der Waals surface area contributed by atoms with Crippen molar-refractivity contribution in [3.05, 3.63) is 45.4 Å². The summed E-state index contributed by atoms with van der Waals surface area (Å²) in [6.07, 6.45) is 1.71. The van der Waals surface area contributed by atoms with Crippen LogP contribution in [0.1, 0.15) is 42.4 Å². The Labute approximate surface area is 133 Å². The Morgan fingerprint density at radius 3 is 2.38 bits per heavy atom. The van der Waals surface area contributed by atoms with Crippen LogP contribution < -0.4 is 10.5 Å². The summed E-state index contributed by atoms with van der Waals surface area (Å²) in [4.78, 5) is 8.82. The van der Waals surface area contributed by atoms with Gasteiger partial charge in [0.05, 0.1) is 6.20 Å². The second-order valence-electron chi connectivity index (χ2n) is 5.37. The molecule has 0 bridgehead atoms. The van der Waals surface area contributed by atoms with Crippen LogP contribution in [0.15, 0.2) is 22.8 Å². The van der Waals surface area contributed by atoms with Crippen LogP contribution >= 0.6 is 15.9 Å². The van der Waals surface area contributed by atoms with E-state index in [1.807, 2.05) is 26.0 Å². The SMILES string of the molecule is Cc1cc(Oc2cnc(C(C)C)nc2CN)cc(C)c1Br. The van der Waals surface area contributed by atoms with Crippen LogP contribution in [0.2, 0.25) is 0 Å². The number of nitrogens with two attached hydrogens (primary N) is 1. The maximum atomic E-state index is 5.93. The lowest BCUT2D eigenvalue weighted by Crippen LogP contribution is -2.07. The van der Waals surface area contributed by atoms with E-state index in [2.05, 4.69) is 39.7 Å². The molecule has 1 aromatic carbocycles. The fourth-order valence-electron chi connectivity index (χ4n) is 2.02. The normalized spacial score (nSPS) is 11.0. The van der Waals surface area contributed by atoms with Crippen LogP contribution in [0.5, 0.6) is 11.5 Å². The van der Waals surface area contributed by atoms with E-state index in [0.29, 0.717) is 12.3 Å². The maximum Gasteiger partial charge on any atom is 0.168 e. The van der Waals surface area contributed by atoms with Gasteiger partial charge in [-0.05, 0) is 37.1 Å². The van der Waals surface area contributed by atoms with Gasteiger partial charge < -0.3 is 10.5 Å². The summed E-state index contributed by atoms with van der Waals surface area (Å²) in [5.41, 5.74) is 8.76. The topological polar surface area (TPSA) is 61.0 Å². The average Bonchev–Trinajstić information content (AvgIpc) is 2.44. The second kappa shape index (κ2) is 6.54. The zero-order valence-corrected chi connectivity index (χ0v) is 14.4. The van der Waals surface area contributed by atoms with Crippen molar-refractivity contribution < 1.29 is 4.74 Å². The largest absolute Gasteiger partial charge is 0.454 e.